The van der Waals surface area contributed by atoms with Crippen molar-refractivity contribution in [1.82, 2.24) is 9.78 Å². The number of aryl methyl sites for hydroxylation is 1. The van der Waals surface area contributed by atoms with Gasteiger partial charge in [-0.15, -0.1) is 0 Å². The van der Waals surface area contributed by atoms with Crippen LogP contribution in [0.2, 0.25) is 0 Å². The minimum Gasteiger partial charge on any atom is -0.394 e. The molecule has 4 heteroatoms. The molecule has 1 aromatic heterocycles. The van der Waals surface area contributed by atoms with Crippen molar-refractivity contribution in [2.75, 3.05) is 17.6 Å². The number of hydrogen-bond acceptors (Lipinski definition) is 3. The first kappa shape index (κ1) is 15.9. The van der Waals surface area contributed by atoms with Crippen LogP contribution < -0.4 is 11.1 Å². The highest BCUT2D eigenvalue weighted by Crippen LogP contribution is 2.25. The summed E-state index contributed by atoms with van der Waals surface area (Å²) in [6.45, 7) is 9.45. The number of rotatable bonds is 9. The summed E-state index contributed by atoms with van der Waals surface area (Å²) < 4.78 is 1.99. The molecule has 0 aliphatic heterocycles. The molecule has 0 unspecified atom stereocenters. The first-order chi connectivity index (χ1) is 9.07. The van der Waals surface area contributed by atoms with Crippen LogP contribution in [0.1, 0.15) is 71.0 Å². The summed E-state index contributed by atoms with van der Waals surface area (Å²) in [5, 5.41) is 7.93. The summed E-state index contributed by atoms with van der Waals surface area (Å²) in [6.07, 6.45) is 7.86. The molecule has 0 saturated carbocycles. The normalized spacial score (nSPS) is 11.2. The molecule has 0 amide bonds. The standard InChI is InChI=1S/C15H30N4/c1-5-6-7-8-9-10-11-17-15-14(16)13(4)18-19(15)12(2)3/h12,17H,5-11,16H2,1-4H3. The second-order valence-electron chi connectivity index (χ2n) is 5.58. The van der Waals surface area contributed by atoms with Gasteiger partial charge < -0.3 is 11.1 Å². The molecular weight excluding hydrogens is 236 g/mol. The number of anilines is 2. The Morgan fingerprint density at radius 3 is 2.42 bits per heavy atom. The molecule has 0 saturated heterocycles. The fraction of sp³-hybridized carbons (Fsp3) is 0.800. The maximum atomic E-state index is 6.08. The van der Waals surface area contributed by atoms with Gasteiger partial charge in [-0.3, -0.25) is 0 Å². The first-order valence-corrected chi connectivity index (χ1v) is 7.66. The van der Waals surface area contributed by atoms with Gasteiger partial charge in [0.15, 0.2) is 0 Å². The topological polar surface area (TPSA) is 55.9 Å². The summed E-state index contributed by atoms with van der Waals surface area (Å²) in [4.78, 5) is 0. The number of aromatic nitrogens is 2. The van der Waals surface area contributed by atoms with E-state index in [0.717, 1.165) is 23.7 Å². The molecule has 0 aliphatic rings. The van der Waals surface area contributed by atoms with Crippen molar-refractivity contribution in [2.24, 2.45) is 0 Å². The Hall–Kier alpha value is -1.19. The van der Waals surface area contributed by atoms with Crippen LogP contribution in [-0.2, 0) is 0 Å². The Balaban J connectivity index is 2.36. The minimum atomic E-state index is 0.336. The number of nitrogen functional groups attached to an aromatic ring is 1. The Labute approximate surface area is 117 Å². The maximum Gasteiger partial charge on any atom is 0.148 e. The zero-order valence-corrected chi connectivity index (χ0v) is 13.0. The van der Waals surface area contributed by atoms with E-state index in [1.54, 1.807) is 0 Å². The van der Waals surface area contributed by atoms with Crippen molar-refractivity contribution in [2.45, 2.75) is 72.3 Å². The third-order valence-corrected chi connectivity index (χ3v) is 3.44. The molecule has 1 aromatic rings. The third-order valence-electron chi connectivity index (χ3n) is 3.44. The smallest absolute Gasteiger partial charge is 0.148 e. The van der Waals surface area contributed by atoms with Crippen LogP contribution in [0.15, 0.2) is 0 Å². The van der Waals surface area contributed by atoms with E-state index in [1.807, 2.05) is 11.6 Å². The second kappa shape index (κ2) is 8.08. The zero-order chi connectivity index (χ0) is 14.3. The van der Waals surface area contributed by atoms with E-state index in [4.69, 9.17) is 5.73 Å². The predicted octanol–water partition coefficient (Wildman–Crippen LogP) is 4.13. The van der Waals surface area contributed by atoms with Crippen molar-refractivity contribution in [3.63, 3.8) is 0 Å². The summed E-state index contributed by atoms with van der Waals surface area (Å²) >= 11 is 0. The lowest BCUT2D eigenvalue weighted by molar-refractivity contribution is 0.533. The van der Waals surface area contributed by atoms with E-state index in [1.165, 1.54) is 38.5 Å². The molecular formula is C15H30N4. The highest BCUT2D eigenvalue weighted by Gasteiger charge is 2.13. The molecule has 0 aliphatic carbocycles. The molecule has 0 fully saturated rings. The van der Waals surface area contributed by atoms with Crippen LogP contribution in [0.25, 0.3) is 0 Å². The summed E-state index contributed by atoms with van der Waals surface area (Å²) in [5.41, 5.74) is 7.78. The van der Waals surface area contributed by atoms with Crippen molar-refractivity contribution < 1.29 is 0 Å². The minimum absolute atomic E-state index is 0.336. The van der Waals surface area contributed by atoms with E-state index in [0.29, 0.717) is 6.04 Å². The van der Waals surface area contributed by atoms with Crippen molar-refractivity contribution >= 4 is 11.5 Å². The number of hydrogen-bond donors (Lipinski definition) is 2. The van der Waals surface area contributed by atoms with Crippen molar-refractivity contribution in [1.29, 1.82) is 0 Å². The lowest BCUT2D eigenvalue weighted by Gasteiger charge is -2.13. The molecule has 0 bridgehead atoms. The molecule has 0 spiro atoms. The maximum absolute atomic E-state index is 6.08. The van der Waals surface area contributed by atoms with Crippen LogP contribution in [-0.4, -0.2) is 16.3 Å². The monoisotopic (exact) mass is 266 g/mol. The largest absolute Gasteiger partial charge is 0.394 e. The number of nitrogens with two attached hydrogens (primary N) is 1. The molecule has 0 aromatic carbocycles. The average molecular weight is 266 g/mol. The predicted molar refractivity (Wildman–Crippen MR) is 83.6 cm³/mol. The van der Waals surface area contributed by atoms with Gasteiger partial charge in [-0.25, -0.2) is 4.68 Å². The van der Waals surface area contributed by atoms with E-state index in [2.05, 4.69) is 31.2 Å². The van der Waals surface area contributed by atoms with Gasteiger partial charge in [-0.1, -0.05) is 39.0 Å². The van der Waals surface area contributed by atoms with E-state index in [9.17, 15) is 0 Å². The number of nitrogens with zero attached hydrogens (tertiary/aromatic N) is 2. The fourth-order valence-corrected chi connectivity index (χ4v) is 2.22. The number of unbranched alkanes of at least 4 members (excludes halogenated alkanes) is 5. The van der Waals surface area contributed by atoms with E-state index < -0.39 is 0 Å². The quantitative estimate of drug-likeness (QED) is 0.661. The molecule has 3 N–H and O–H groups in total. The van der Waals surface area contributed by atoms with Crippen LogP contribution in [0.4, 0.5) is 11.5 Å². The molecule has 4 nitrogen and oxygen atoms in total. The Morgan fingerprint density at radius 1 is 1.16 bits per heavy atom. The van der Waals surface area contributed by atoms with Gasteiger partial charge in [0.05, 0.1) is 11.4 Å². The molecule has 0 atom stereocenters. The molecule has 110 valence electrons. The highest BCUT2D eigenvalue weighted by atomic mass is 15.4. The first-order valence-electron chi connectivity index (χ1n) is 7.66. The SMILES string of the molecule is CCCCCCCCNc1c(N)c(C)nn1C(C)C. The van der Waals surface area contributed by atoms with E-state index in [-0.39, 0.29) is 0 Å². The van der Waals surface area contributed by atoms with Crippen molar-refractivity contribution in [3.05, 3.63) is 5.69 Å². The van der Waals surface area contributed by atoms with Crippen LogP contribution in [0, 0.1) is 6.92 Å². The summed E-state index contributed by atoms with van der Waals surface area (Å²) in [7, 11) is 0. The number of nitrogens with one attached hydrogen (secondary N) is 1. The zero-order valence-electron chi connectivity index (χ0n) is 13.0. The highest BCUT2D eigenvalue weighted by molar-refractivity contribution is 5.64. The van der Waals surface area contributed by atoms with Crippen LogP contribution in [0.3, 0.4) is 0 Å². The third kappa shape index (κ3) is 4.77. The summed E-state index contributed by atoms with van der Waals surface area (Å²) in [5.74, 6) is 0.987. The average Bonchev–Trinajstić information content (AvgIpc) is 2.66. The van der Waals surface area contributed by atoms with Gasteiger partial charge in [0.25, 0.3) is 0 Å². The van der Waals surface area contributed by atoms with Gasteiger partial charge in [0, 0.05) is 12.6 Å². The van der Waals surface area contributed by atoms with Gasteiger partial charge in [0.1, 0.15) is 5.82 Å². The van der Waals surface area contributed by atoms with Crippen molar-refractivity contribution in [3.8, 4) is 0 Å². The lowest BCUT2D eigenvalue weighted by Crippen LogP contribution is -2.12. The molecule has 19 heavy (non-hydrogen) atoms. The second-order valence-corrected chi connectivity index (χ2v) is 5.58. The van der Waals surface area contributed by atoms with Crippen LogP contribution >= 0.6 is 0 Å². The lowest BCUT2D eigenvalue weighted by atomic mass is 10.1. The molecule has 0 radical (unpaired) electrons. The Bertz CT molecular complexity index is 368. The van der Waals surface area contributed by atoms with Gasteiger partial charge in [0.2, 0.25) is 0 Å². The van der Waals surface area contributed by atoms with Gasteiger partial charge in [-0.2, -0.15) is 5.10 Å². The molecule has 1 heterocycles. The van der Waals surface area contributed by atoms with E-state index >= 15 is 0 Å². The van der Waals surface area contributed by atoms with Gasteiger partial charge >= 0.3 is 0 Å². The Kier molecular flexibility index (Phi) is 6.74. The van der Waals surface area contributed by atoms with Crippen LogP contribution in [0.5, 0.6) is 0 Å². The molecule has 1 rings (SSSR count). The summed E-state index contributed by atoms with van der Waals surface area (Å²) in [6, 6.07) is 0.336. The van der Waals surface area contributed by atoms with Gasteiger partial charge in [-0.05, 0) is 27.2 Å². The fourth-order valence-electron chi connectivity index (χ4n) is 2.22. The Morgan fingerprint density at radius 2 is 1.79 bits per heavy atom.